The van der Waals surface area contributed by atoms with Gasteiger partial charge in [-0.15, -0.1) is 0 Å². The third kappa shape index (κ3) is 1.54. The van der Waals surface area contributed by atoms with E-state index in [1.807, 2.05) is 28.7 Å². The standard InChI is InChI=1S/C14H17N5O/c1-17-13(20)15-8-14(17)9-18(10-14)7-12-4-2-3-11-5-6-16-19(11)12/h2-6H,7-10H2,1H3,(H,15,20). The van der Waals surface area contributed by atoms with Crippen LogP contribution in [0.4, 0.5) is 4.79 Å². The maximum Gasteiger partial charge on any atom is 0.317 e. The Morgan fingerprint density at radius 3 is 2.95 bits per heavy atom. The molecule has 2 aliphatic rings. The van der Waals surface area contributed by atoms with Crippen LogP contribution in [0.2, 0.25) is 0 Å². The lowest BCUT2D eigenvalue weighted by molar-refractivity contribution is -0.00216. The number of nitrogens with zero attached hydrogens (tertiary/aromatic N) is 4. The van der Waals surface area contributed by atoms with Gasteiger partial charge in [-0.2, -0.15) is 5.10 Å². The third-order valence-corrected chi connectivity index (χ3v) is 4.51. The zero-order valence-corrected chi connectivity index (χ0v) is 11.4. The molecule has 2 aromatic rings. The van der Waals surface area contributed by atoms with Crippen LogP contribution in [0.15, 0.2) is 30.5 Å². The molecule has 2 aliphatic heterocycles. The van der Waals surface area contributed by atoms with Gasteiger partial charge in [0.2, 0.25) is 0 Å². The molecule has 4 heterocycles. The topological polar surface area (TPSA) is 52.9 Å². The van der Waals surface area contributed by atoms with Crippen LogP contribution in [-0.2, 0) is 6.54 Å². The highest BCUT2D eigenvalue weighted by Gasteiger charge is 2.51. The Morgan fingerprint density at radius 2 is 2.20 bits per heavy atom. The molecule has 2 aromatic heterocycles. The van der Waals surface area contributed by atoms with Crippen molar-refractivity contribution in [3.8, 4) is 0 Å². The summed E-state index contributed by atoms with van der Waals surface area (Å²) in [6.07, 6.45) is 1.82. The molecule has 0 atom stereocenters. The molecule has 2 amide bonds. The first kappa shape index (κ1) is 11.7. The summed E-state index contributed by atoms with van der Waals surface area (Å²) in [6, 6.07) is 8.27. The first-order valence-corrected chi connectivity index (χ1v) is 6.84. The molecule has 1 N–H and O–H groups in total. The molecule has 4 rings (SSSR count). The van der Waals surface area contributed by atoms with Crippen molar-refractivity contribution >= 4 is 11.5 Å². The highest BCUT2D eigenvalue weighted by Crippen LogP contribution is 2.30. The number of amides is 2. The molecule has 0 saturated carbocycles. The van der Waals surface area contributed by atoms with E-state index in [1.165, 1.54) is 5.69 Å². The summed E-state index contributed by atoms with van der Waals surface area (Å²) in [5.74, 6) is 0. The largest absolute Gasteiger partial charge is 0.336 e. The average Bonchev–Trinajstić information content (AvgIpc) is 2.98. The summed E-state index contributed by atoms with van der Waals surface area (Å²) in [4.78, 5) is 15.8. The molecule has 0 radical (unpaired) electrons. The number of rotatable bonds is 2. The summed E-state index contributed by atoms with van der Waals surface area (Å²) in [5.41, 5.74) is 2.30. The Bertz CT molecular complexity index is 673. The summed E-state index contributed by atoms with van der Waals surface area (Å²) in [6.45, 7) is 3.45. The summed E-state index contributed by atoms with van der Waals surface area (Å²) < 4.78 is 1.98. The van der Waals surface area contributed by atoms with Crippen molar-refractivity contribution in [2.75, 3.05) is 26.7 Å². The van der Waals surface area contributed by atoms with Crippen molar-refractivity contribution in [3.63, 3.8) is 0 Å². The van der Waals surface area contributed by atoms with Crippen molar-refractivity contribution in [2.24, 2.45) is 0 Å². The lowest BCUT2D eigenvalue weighted by Crippen LogP contribution is -2.68. The monoisotopic (exact) mass is 271 g/mol. The number of hydrogen-bond donors (Lipinski definition) is 1. The van der Waals surface area contributed by atoms with Crippen molar-refractivity contribution < 1.29 is 4.79 Å². The van der Waals surface area contributed by atoms with Gasteiger partial charge in [0.15, 0.2) is 0 Å². The lowest BCUT2D eigenvalue weighted by Gasteiger charge is -2.50. The van der Waals surface area contributed by atoms with Crippen LogP contribution in [0.3, 0.4) is 0 Å². The van der Waals surface area contributed by atoms with Gasteiger partial charge < -0.3 is 10.2 Å². The summed E-state index contributed by atoms with van der Waals surface area (Å²) in [5, 5.41) is 7.27. The number of pyridine rings is 1. The molecule has 6 heteroatoms. The molecular weight excluding hydrogens is 254 g/mol. The number of aromatic nitrogens is 2. The van der Waals surface area contributed by atoms with Crippen LogP contribution < -0.4 is 5.32 Å². The fraction of sp³-hybridized carbons (Fsp3) is 0.429. The molecule has 104 valence electrons. The van der Waals surface area contributed by atoms with Gasteiger partial charge in [0.25, 0.3) is 0 Å². The average molecular weight is 271 g/mol. The van der Waals surface area contributed by atoms with Crippen LogP contribution in [0, 0.1) is 0 Å². The Kier molecular flexibility index (Phi) is 2.32. The minimum absolute atomic E-state index is 0.00487. The van der Waals surface area contributed by atoms with E-state index in [0.717, 1.165) is 31.7 Å². The number of likely N-dealkylation sites (tertiary alicyclic amines) is 1. The van der Waals surface area contributed by atoms with Gasteiger partial charge in [-0.25, -0.2) is 9.31 Å². The quantitative estimate of drug-likeness (QED) is 0.867. The zero-order valence-electron chi connectivity index (χ0n) is 11.4. The Morgan fingerprint density at radius 1 is 1.35 bits per heavy atom. The molecule has 1 spiro atoms. The SMILES string of the molecule is CN1C(=O)NCC12CN(Cc1cccc3ccnn13)C2. The third-order valence-electron chi connectivity index (χ3n) is 4.51. The Balaban J connectivity index is 1.50. The summed E-state index contributed by atoms with van der Waals surface area (Å²) in [7, 11) is 1.88. The normalized spacial score (nSPS) is 21.4. The zero-order chi connectivity index (χ0) is 13.7. The van der Waals surface area contributed by atoms with Gasteiger partial charge in [-0.3, -0.25) is 4.90 Å². The molecule has 0 aromatic carbocycles. The first-order chi connectivity index (χ1) is 9.68. The molecule has 0 aliphatic carbocycles. The van der Waals surface area contributed by atoms with E-state index in [1.54, 1.807) is 0 Å². The van der Waals surface area contributed by atoms with E-state index in [2.05, 4.69) is 33.5 Å². The smallest absolute Gasteiger partial charge is 0.317 e. The fourth-order valence-electron chi connectivity index (χ4n) is 3.27. The van der Waals surface area contributed by atoms with Gasteiger partial charge in [-0.1, -0.05) is 6.07 Å². The van der Waals surface area contributed by atoms with Gasteiger partial charge in [0.05, 0.1) is 16.7 Å². The number of urea groups is 1. The van der Waals surface area contributed by atoms with E-state index in [0.29, 0.717) is 0 Å². The van der Waals surface area contributed by atoms with Gasteiger partial charge in [0, 0.05) is 39.4 Å². The second kappa shape index (κ2) is 3.96. The molecule has 20 heavy (non-hydrogen) atoms. The second-order valence-corrected chi connectivity index (χ2v) is 5.77. The maximum absolute atomic E-state index is 11.6. The van der Waals surface area contributed by atoms with Crippen molar-refractivity contribution in [1.29, 1.82) is 0 Å². The van der Waals surface area contributed by atoms with Gasteiger partial charge >= 0.3 is 6.03 Å². The molecule has 2 saturated heterocycles. The predicted molar refractivity (Wildman–Crippen MR) is 74.4 cm³/mol. The number of nitrogens with one attached hydrogen (secondary N) is 1. The number of carbonyl (C=O) groups excluding carboxylic acids is 1. The predicted octanol–water partition coefficient (Wildman–Crippen LogP) is 0.544. The number of carbonyl (C=O) groups is 1. The second-order valence-electron chi connectivity index (χ2n) is 5.77. The summed E-state index contributed by atoms with van der Waals surface area (Å²) >= 11 is 0. The number of fused-ring (bicyclic) bond motifs is 1. The van der Waals surface area contributed by atoms with Crippen LogP contribution in [-0.4, -0.2) is 57.7 Å². The van der Waals surface area contributed by atoms with Crippen molar-refractivity contribution in [3.05, 3.63) is 36.2 Å². The van der Waals surface area contributed by atoms with E-state index in [4.69, 9.17) is 0 Å². The number of likely N-dealkylation sites (N-methyl/N-ethyl adjacent to an activating group) is 1. The lowest BCUT2D eigenvalue weighted by atomic mass is 9.89. The van der Waals surface area contributed by atoms with Crippen LogP contribution in [0.1, 0.15) is 5.69 Å². The Hall–Kier alpha value is -2.08. The van der Waals surface area contributed by atoms with Crippen molar-refractivity contribution in [2.45, 2.75) is 12.1 Å². The van der Waals surface area contributed by atoms with Crippen molar-refractivity contribution in [1.82, 2.24) is 24.7 Å². The minimum Gasteiger partial charge on any atom is -0.336 e. The first-order valence-electron chi connectivity index (χ1n) is 6.84. The van der Waals surface area contributed by atoms with Gasteiger partial charge in [-0.05, 0) is 18.2 Å². The Labute approximate surface area is 117 Å². The number of hydrogen-bond acceptors (Lipinski definition) is 3. The highest BCUT2D eigenvalue weighted by atomic mass is 16.2. The molecule has 0 bridgehead atoms. The maximum atomic E-state index is 11.6. The molecule has 6 nitrogen and oxygen atoms in total. The van der Waals surface area contributed by atoms with E-state index >= 15 is 0 Å². The van der Waals surface area contributed by atoms with Crippen LogP contribution in [0.5, 0.6) is 0 Å². The minimum atomic E-state index is -0.00487. The van der Waals surface area contributed by atoms with Gasteiger partial charge in [0.1, 0.15) is 0 Å². The molecule has 0 unspecified atom stereocenters. The van der Waals surface area contributed by atoms with E-state index in [-0.39, 0.29) is 11.6 Å². The van der Waals surface area contributed by atoms with Crippen LogP contribution in [0.25, 0.3) is 5.52 Å². The highest BCUT2D eigenvalue weighted by molar-refractivity contribution is 5.78. The van der Waals surface area contributed by atoms with E-state index < -0.39 is 0 Å². The fourth-order valence-corrected chi connectivity index (χ4v) is 3.27. The van der Waals surface area contributed by atoms with Crippen LogP contribution >= 0.6 is 0 Å². The molecular formula is C14H17N5O. The molecule has 2 fully saturated rings. The van der Waals surface area contributed by atoms with E-state index in [9.17, 15) is 4.79 Å².